The molecule has 1 aromatic rings. The third-order valence-corrected chi connectivity index (χ3v) is 4.45. The average Bonchev–Trinajstić information content (AvgIpc) is 2.69. The highest BCUT2D eigenvalue weighted by atomic mass is 35.5. The van der Waals surface area contributed by atoms with Crippen LogP contribution in [0.2, 0.25) is 0 Å². The van der Waals surface area contributed by atoms with Crippen LogP contribution >= 0.6 is 12.4 Å². The predicted molar refractivity (Wildman–Crippen MR) is 78.2 cm³/mol. The molecule has 3 rings (SSSR count). The molecule has 0 aliphatic carbocycles. The average molecular weight is 285 g/mol. The summed E-state index contributed by atoms with van der Waals surface area (Å²) in [6.07, 6.45) is 3.88. The molecule has 3 unspecified atom stereocenters. The fraction of sp³-hybridized carbons (Fsp3) is 0.600. The minimum atomic E-state index is -0.150. The highest BCUT2D eigenvalue weighted by molar-refractivity contribution is 5.85. The molecule has 106 valence electrons. The Kier molecular flexibility index (Phi) is 4.82. The first-order valence-electron chi connectivity index (χ1n) is 6.98. The summed E-state index contributed by atoms with van der Waals surface area (Å²) >= 11 is 0. The van der Waals surface area contributed by atoms with Gasteiger partial charge in [0.1, 0.15) is 5.82 Å². The maximum atomic E-state index is 13.0. The van der Waals surface area contributed by atoms with Crippen LogP contribution in [0.15, 0.2) is 24.3 Å². The van der Waals surface area contributed by atoms with Gasteiger partial charge in [0.2, 0.25) is 0 Å². The first-order valence-corrected chi connectivity index (χ1v) is 6.98. The zero-order valence-corrected chi connectivity index (χ0v) is 12.1. The lowest BCUT2D eigenvalue weighted by Crippen LogP contribution is -2.36. The summed E-state index contributed by atoms with van der Waals surface area (Å²) in [6.45, 7) is 4.49. The van der Waals surface area contributed by atoms with E-state index in [-0.39, 0.29) is 18.2 Å². The Bertz CT molecular complexity index is 409. The molecule has 3 atom stereocenters. The van der Waals surface area contributed by atoms with Gasteiger partial charge >= 0.3 is 0 Å². The van der Waals surface area contributed by atoms with E-state index in [1.54, 1.807) is 12.1 Å². The van der Waals surface area contributed by atoms with Crippen LogP contribution in [0.25, 0.3) is 0 Å². The van der Waals surface area contributed by atoms with Crippen molar-refractivity contribution >= 4 is 12.4 Å². The quantitative estimate of drug-likeness (QED) is 0.898. The number of hydrogen-bond donors (Lipinski definition) is 1. The molecule has 2 aliphatic rings. The molecule has 2 aliphatic heterocycles. The normalized spacial score (nSPS) is 28.5. The lowest BCUT2D eigenvalue weighted by molar-refractivity contribution is 0.200. The van der Waals surface area contributed by atoms with Crippen molar-refractivity contribution in [1.29, 1.82) is 0 Å². The van der Waals surface area contributed by atoms with Crippen LogP contribution in [-0.4, -0.2) is 30.1 Å². The van der Waals surface area contributed by atoms with Crippen LogP contribution in [0.3, 0.4) is 0 Å². The number of hydrogen-bond acceptors (Lipinski definition) is 2. The van der Waals surface area contributed by atoms with E-state index in [9.17, 15) is 4.39 Å². The van der Waals surface area contributed by atoms with Crippen molar-refractivity contribution in [2.24, 2.45) is 0 Å². The van der Waals surface area contributed by atoms with E-state index in [2.05, 4.69) is 17.1 Å². The maximum absolute atomic E-state index is 13.0. The zero-order chi connectivity index (χ0) is 12.5. The van der Waals surface area contributed by atoms with Crippen LogP contribution in [-0.2, 0) is 0 Å². The molecule has 2 heterocycles. The summed E-state index contributed by atoms with van der Waals surface area (Å²) in [6, 6.07) is 8.71. The van der Waals surface area contributed by atoms with Crippen LogP contribution in [0, 0.1) is 5.82 Å². The summed E-state index contributed by atoms with van der Waals surface area (Å²) in [4.78, 5) is 2.53. The van der Waals surface area contributed by atoms with Crippen molar-refractivity contribution in [3.05, 3.63) is 35.6 Å². The molecular weight excluding hydrogens is 263 g/mol. The molecule has 0 amide bonds. The van der Waals surface area contributed by atoms with Gasteiger partial charge < -0.3 is 5.32 Å². The van der Waals surface area contributed by atoms with Gasteiger partial charge in [-0.25, -0.2) is 4.39 Å². The third-order valence-electron chi connectivity index (χ3n) is 4.45. The molecule has 4 heteroatoms. The van der Waals surface area contributed by atoms with E-state index in [0.717, 1.165) is 19.1 Å². The van der Waals surface area contributed by atoms with Gasteiger partial charge in [0, 0.05) is 31.2 Å². The van der Waals surface area contributed by atoms with Gasteiger partial charge in [0.15, 0.2) is 0 Å². The van der Waals surface area contributed by atoms with Crippen molar-refractivity contribution in [3.8, 4) is 0 Å². The van der Waals surface area contributed by atoms with E-state index < -0.39 is 0 Å². The smallest absolute Gasteiger partial charge is 0.123 e. The lowest BCUT2D eigenvalue weighted by atomic mass is 10.0. The topological polar surface area (TPSA) is 15.3 Å². The van der Waals surface area contributed by atoms with Gasteiger partial charge in [-0.15, -0.1) is 12.4 Å². The van der Waals surface area contributed by atoms with Crippen molar-refractivity contribution in [1.82, 2.24) is 10.2 Å². The number of rotatable bonds is 2. The Morgan fingerprint density at radius 1 is 1.16 bits per heavy atom. The van der Waals surface area contributed by atoms with Crippen LogP contribution < -0.4 is 5.32 Å². The number of nitrogens with zero attached hydrogens (tertiary/aromatic N) is 1. The fourth-order valence-corrected chi connectivity index (χ4v) is 3.27. The second-order valence-electron chi connectivity index (χ2n) is 5.65. The summed E-state index contributed by atoms with van der Waals surface area (Å²) in [5, 5.41) is 3.70. The maximum Gasteiger partial charge on any atom is 0.123 e. The Labute approximate surface area is 120 Å². The van der Waals surface area contributed by atoms with E-state index in [1.165, 1.54) is 24.8 Å². The van der Waals surface area contributed by atoms with Crippen molar-refractivity contribution in [3.63, 3.8) is 0 Å². The highest BCUT2D eigenvalue weighted by Gasteiger charge is 2.31. The number of nitrogens with one attached hydrogen (secondary N) is 1. The minimum absolute atomic E-state index is 0. The summed E-state index contributed by atoms with van der Waals surface area (Å²) in [5.74, 6) is -0.150. The van der Waals surface area contributed by atoms with Crippen molar-refractivity contribution in [2.45, 2.75) is 44.3 Å². The standard InChI is InChI=1S/C15H21FN2.ClH/c1-11(12-2-4-13(16)5-3-12)18-9-8-14-6-7-15(10-18)17-14;/h2-5,11,14-15,17H,6-10H2,1H3;1H. The monoisotopic (exact) mass is 284 g/mol. The molecule has 0 saturated carbocycles. The number of likely N-dealkylation sites (tertiary alicyclic amines) is 1. The number of fused-ring (bicyclic) bond motifs is 2. The third kappa shape index (κ3) is 3.28. The Morgan fingerprint density at radius 2 is 1.84 bits per heavy atom. The summed E-state index contributed by atoms with van der Waals surface area (Å²) in [7, 11) is 0. The molecule has 2 bridgehead atoms. The van der Waals surface area contributed by atoms with Crippen LogP contribution in [0.1, 0.15) is 37.8 Å². The highest BCUT2D eigenvalue weighted by Crippen LogP contribution is 2.27. The lowest BCUT2D eigenvalue weighted by Gasteiger charge is -2.30. The molecule has 1 aromatic carbocycles. The molecule has 0 radical (unpaired) electrons. The minimum Gasteiger partial charge on any atom is -0.310 e. The Balaban J connectivity index is 0.00000133. The fourth-order valence-electron chi connectivity index (χ4n) is 3.27. The summed E-state index contributed by atoms with van der Waals surface area (Å²) < 4.78 is 13.0. The largest absolute Gasteiger partial charge is 0.310 e. The van der Waals surface area contributed by atoms with E-state index in [4.69, 9.17) is 0 Å². The van der Waals surface area contributed by atoms with Gasteiger partial charge in [-0.1, -0.05) is 12.1 Å². The van der Waals surface area contributed by atoms with Gasteiger partial charge in [0.05, 0.1) is 0 Å². The Hall–Kier alpha value is -0.640. The first kappa shape index (κ1) is 14.8. The molecule has 0 spiro atoms. The number of benzene rings is 1. The Morgan fingerprint density at radius 3 is 2.58 bits per heavy atom. The molecule has 19 heavy (non-hydrogen) atoms. The van der Waals surface area contributed by atoms with Crippen molar-refractivity contribution < 1.29 is 4.39 Å². The second-order valence-corrected chi connectivity index (χ2v) is 5.65. The van der Waals surface area contributed by atoms with E-state index in [0.29, 0.717) is 12.1 Å². The molecule has 2 saturated heterocycles. The van der Waals surface area contributed by atoms with Gasteiger partial charge in [-0.2, -0.15) is 0 Å². The first-order chi connectivity index (χ1) is 8.72. The van der Waals surface area contributed by atoms with Gasteiger partial charge in [-0.3, -0.25) is 4.90 Å². The van der Waals surface area contributed by atoms with Gasteiger partial charge in [0.25, 0.3) is 0 Å². The van der Waals surface area contributed by atoms with Gasteiger partial charge in [-0.05, 0) is 43.9 Å². The molecule has 2 fully saturated rings. The molecule has 2 nitrogen and oxygen atoms in total. The van der Waals surface area contributed by atoms with Crippen LogP contribution in [0.5, 0.6) is 0 Å². The van der Waals surface area contributed by atoms with E-state index >= 15 is 0 Å². The SMILES string of the molecule is CC(c1ccc(F)cc1)N1CCC2CCC(C1)N2.Cl. The van der Waals surface area contributed by atoms with E-state index in [1.807, 2.05) is 12.1 Å². The molecule has 1 N–H and O–H groups in total. The molecular formula is C15H22ClFN2. The second kappa shape index (κ2) is 6.21. The zero-order valence-electron chi connectivity index (χ0n) is 11.3. The van der Waals surface area contributed by atoms with Crippen molar-refractivity contribution in [2.75, 3.05) is 13.1 Å². The summed E-state index contributed by atoms with van der Waals surface area (Å²) in [5.41, 5.74) is 1.22. The molecule has 0 aromatic heterocycles. The predicted octanol–water partition coefficient (Wildman–Crippen LogP) is 3.13. The number of halogens is 2. The van der Waals surface area contributed by atoms with Crippen LogP contribution in [0.4, 0.5) is 4.39 Å².